The van der Waals surface area contributed by atoms with Gasteiger partial charge in [-0.25, -0.2) is 4.79 Å². The van der Waals surface area contributed by atoms with Crippen LogP contribution < -0.4 is 4.74 Å². The molecule has 2 heterocycles. The highest BCUT2D eigenvalue weighted by atomic mass is 19.4. The molecule has 1 fully saturated rings. The van der Waals surface area contributed by atoms with Crippen molar-refractivity contribution in [3.05, 3.63) is 64.8 Å². The summed E-state index contributed by atoms with van der Waals surface area (Å²) in [7, 11) is 1.32. The molecule has 0 amide bonds. The van der Waals surface area contributed by atoms with Crippen LogP contribution in [0.15, 0.2) is 42.6 Å². The number of piperidine rings is 1. The molecule has 2 atom stereocenters. The molecule has 1 aromatic heterocycles. The van der Waals surface area contributed by atoms with Gasteiger partial charge in [0.05, 0.1) is 24.6 Å². The van der Waals surface area contributed by atoms with E-state index >= 15 is 0 Å². The Labute approximate surface area is 196 Å². The summed E-state index contributed by atoms with van der Waals surface area (Å²) in [5.74, 6) is 0.218. The van der Waals surface area contributed by atoms with Gasteiger partial charge in [-0.15, -0.1) is 0 Å². The molecule has 34 heavy (non-hydrogen) atoms. The molecule has 1 aliphatic heterocycles. The van der Waals surface area contributed by atoms with Crippen molar-refractivity contribution in [2.75, 3.05) is 26.7 Å². The summed E-state index contributed by atoms with van der Waals surface area (Å²) in [5, 5.41) is 0.997. The van der Waals surface area contributed by atoms with Crippen molar-refractivity contribution in [1.29, 1.82) is 0 Å². The van der Waals surface area contributed by atoms with Crippen LogP contribution in [0, 0.1) is 13.8 Å². The first kappa shape index (κ1) is 24.1. The van der Waals surface area contributed by atoms with E-state index in [1.54, 1.807) is 12.1 Å². The number of fused-ring (bicyclic) bond motifs is 1. The van der Waals surface area contributed by atoms with E-state index in [1.165, 1.54) is 7.11 Å². The van der Waals surface area contributed by atoms with Crippen molar-refractivity contribution in [3.8, 4) is 5.75 Å². The predicted molar refractivity (Wildman–Crippen MR) is 124 cm³/mol. The summed E-state index contributed by atoms with van der Waals surface area (Å²) >= 11 is 0. The quantitative estimate of drug-likeness (QED) is 0.462. The normalized spacial score (nSPS) is 19.4. The summed E-state index contributed by atoms with van der Waals surface area (Å²) in [6.45, 7) is 4.98. The number of hydrogen-bond acceptors (Lipinski definition) is 4. The lowest BCUT2D eigenvalue weighted by Gasteiger charge is -2.39. The van der Waals surface area contributed by atoms with Gasteiger partial charge in [0.25, 0.3) is 0 Å². The smallest absolute Gasteiger partial charge is 0.390 e. The Hall–Kier alpha value is -3.00. The topological polar surface area (TPSA) is 54.6 Å². The van der Waals surface area contributed by atoms with Gasteiger partial charge in [0.2, 0.25) is 0 Å². The second-order valence-corrected chi connectivity index (χ2v) is 8.94. The fraction of sp³-hybridized carbons (Fsp3) is 0.423. The van der Waals surface area contributed by atoms with Crippen molar-refractivity contribution in [3.63, 3.8) is 0 Å². The Morgan fingerprint density at radius 3 is 2.56 bits per heavy atom. The minimum Gasteiger partial charge on any atom is -0.489 e. The van der Waals surface area contributed by atoms with E-state index in [9.17, 15) is 18.0 Å². The number of aromatic amines is 1. The zero-order valence-corrected chi connectivity index (χ0v) is 19.5. The third kappa shape index (κ3) is 5.22. The Morgan fingerprint density at radius 1 is 1.15 bits per heavy atom. The maximum atomic E-state index is 12.8. The lowest BCUT2D eigenvalue weighted by molar-refractivity contribution is -0.139. The zero-order valence-electron chi connectivity index (χ0n) is 19.5. The number of nitrogens with one attached hydrogen (secondary N) is 1. The highest BCUT2D eigenvalue weighted by Gasteiger charge is 2.35. The van der Waals surface area contributed by atoms with Gasteiger partial charge in [-0.3, -0.25) is 0 Å². The van der Waals surface area contributed by atoms with Gasteiger partial charge in [0.15, 0.2) is 0 Å². The average molecular weight is 475 g/mol. The van der Waals surface area contributed by atoms with E-state index in [0.717, 1.165) is 33.3 Å². The number of hydrogen-bond donors (Lipinski definition) is 1. The van der Waals surface area contributed by atoms with Gasteiger partial charge in [0.1, 0.15) is 11.9 Å². The fourth-order valence-corrected chi connectivity index (χ4v) is 4.80. The molecule has 3 aromatic rings. The number of H-pyrrole nitrogens is 1. The number of esters is 1. The van der Waals surface area contributed by atoms with Crippen LogP contribution in [0.3, 0.4) is 0 Å². The predicted octanol–water partition coefficient (Wildman–Crippen LogP) is 5.76. The van der Waals surface area contributed by atoms with Gasteiger partial charge in [-0.1, -0.05) is 18.2 Å². The molecule has 0 radical (unpaired) electrons. The van der Waals surface area contributed by atoms with Gasteiger partial charge in [-0.2, -0.15) is 13.2 Å². The summed E-state index contributed by atoms with van der Waals surface area (Å²) in [6.07, 6.45) is -2.77. The standard InChI is InChI=1S/C26H29F3N2O3/c1-16-14-17(2)24(20-8-11-30-23(16)20)34-22-9-12-31(13-10-26(27,28)29)15-21(22)18-4-6-19(7-5-18)25(32)33-3/h4-8,11,14,21-22,30H,9-10,12-13,15H2,1-3H3/t21-,22+/m0/s1. The lowest BCUT2D eigenvalue weighted by Crippen LogP contribution is -2.45. The van der Waals surface area contributed by atoms with E-state index in [2.05, 4.69) is 11.1 Å². The van der Waals surface area contributed by atoms with Crippen LogP contribution in [-0.4, -0.2) is 54.9 Å². The van der Waals surface area contributed by atoms with Gasteiger partial charge in [0, 0.05) is 37.1 Å². The highest BCUT2D eigenvalue weighted by Crippen LogP contribution is 2.37. The number of nitrogens with zero attached hydrogens (tertiary/aromatic N) is 1. The number of halogens is 3. The third-order valence-electron chi connectivity index (χ3n) is 6.55. The molecule has 2 aromatic carbocycles. The van der Waals surface area contributed by atoms with E-state index in [1.807, 2.05) is 43.1 Å². The second kappa shape index (κ2) is 9.70. The van der Waals surface area contributed by atoms with Gasteiger partial charge < -0.3 is 19.4 Å². The fourth-order valence-electron chi connectivity index (χ4n) is 4.80. The molecule has 182 valence electrons. The minimum atomic E-state index is -4.19. The van der Waals surface area contributed by atoms with Crippen molar-refractivity contribution in [1.82, 2.24) is 9.88 Å². The Bertz CT molecular complexity index is 1150. The van der Waals surface area contributed by atoms with E-state index in [-0.39, 0.29) is 18.6 Å². The monoisotopic (exact) mass is 474 g/mol. The van der Waals surface area contributed by atoms with Crippen molar-refractivity contribution in [2.45, 2.75) is 44.9 Å². The molecule has 4 rings (SSSR count). The maximum absolute atomic E-state index is 12.8. The number of alkyl halides is 3. The largest absolute Gasteiger partial charge is 0.489 e. The molecule has 0 unspecified atom stereocenters. The summed E-state index contributed by atoms with van der Waals surface area (Å²) in [5.41, 5.74) is 4.51. The van der Waals surface area contributed by atoms with Crippen LogP contribution in [0.4, 0.5) is 13.2 Å². The number of ether oxygens (including phenoxy) is 2. The average Bonchev–Trinajstić information content (AvgIpc) is 3.30. The van der Waals surface area contributed by atoms with Crippen LogP contribution in [0.5, 0.6) is 5.75 Å². The molecule has 1 aliphatic rings. The number of methoxy groups -OCH3 is 1. The number of benzene rings is 2. The van der Waals surface area contributed by atoms with E-state index < -0.39 is 18.6 Å². The van der Waals surface area contributed by atoms with Crippen LogP contribution in [0.2, 0.25) is 0 Å². The lowest BCUT2D eigenvalue weighted by atomic mass is 9.87. The first-order chi connectivity index (χ1) is 16.2. The Kier molecular flexibility index (Phi) is 6.89. The third-order valence-corrected chi connectivity index (χ3v) is 6.55. The van der Waals surface area contributed by atoms with Crippen LogP contribution in [0.25, 0.3) is 10.9 Å². The van der Waals surface area contributed by atoms with Crippen molar-refractivity contribution >= 4 is 16.9 Å². The van der Waals surface area contributed by atoms with Gasteiger partial charge >= 0.3 is 12.1 Å². The Balaban J connectivity index is 1.63. The first-order valence-electron chi connectivity index (χ1n) is 11.4. The second-order valence-electron chi connectivity index (χ2n) is 8.94. The molecule has 5 nitrogen and oxygen atoms in total. The summed E-state index contributed by atoms with van der Waals surface area (Å²) in [4.78, 5) is 16.9. The first-order valence-corrected chi connectivity index (χ1v) is 11.4. The number of likely N-dealkylation sites (tertiary alicyclic amines) is 1. The summed E-state index contributed by atoms with van der Waals surface area (Å²) in [6, 6.07) is 11.1. The van der Waals surface area contributed by atoms with Crippen LogP contribution in [0.1, 0.15) is 45.8 Å². The van der Waals surface area contributed by atoms with Gasteiger partial charge in [-0.05, 0) is 55.2 Å². The zero-order chi connectivity index (χ0) is 24.5. The number of aromatic nitrogens is 1. The molecular weight excluding hydrogens is 445 g/mol. The molecule has 1 saturated heterocycles. The Morgan fingerprint density at radius 2 is 1.88 bits per heavy atom. The van der Waals surface area contributed by atoms with Crippen molar-refractivity contribution in [2.24, 2.45) is 0 Å². The number of carbonyl (C=O) groups is 1. The summed E-state index contributed by atoms with van der Waals surface area (Å²) < 4.78 is 49.9. The SMILES string of the molecule is COC(=O)c1ccc([C@@H]2CN(CCC(F)(F)F)CC[C@H]2Oc2c(C)cc(C)c3[nH]ccc23)cc1. The van der Waals surface area contributed by atoms with E-state index in [0.29, 0.717) is 25.1 Å². The minimum absolute atomic E-state index is 0.0431. The molecule has 8 heteroatoms. The number of rotatable bonds is 6. The van der Waals surface area contributed by atoms with Crippen LogP contribution in [-0.2, 0) is 4.74 Å². The van der Waals surface area contributed by atoms with Crippen LogP contribution >= 0.6 is 0 Å². The maximum Gasteiger partial charge on any atom is 0.390 e. The molecule has 0 saturated carbocycles. The molecular formula is C26H29F3N2O3. The molecule has 1 N–H and O–H groups in total. The highest BCUT2D eigenvalue weighted by molar-refractivity contribution is 5.90. The number of carbonyl (C=O) groups excluding carboxylic acids is 1. The molecule has 0 bridgehead atoms. The van der Waals surface area contributed by atoms with E-state index in [4.69, 9.17) is 9.47 Å². The molecule has 0 spiro atoms. The number of aryl methyl sites for hydroxylation is 2. The van der Waals surface area contributed by atoms with Crippen molar-refractivity contribution < 1.29 is 27.4 Å². The molecule has 0 aliphatic carbocycles.